The van der Waals surface area contributed by atoms with Gasteiger partial charge in [-0.05, 0) is 81.7 Å². The number of nitrogens with zero attached hydrogens (tertiary/aromatic N) is 6. The van der Waals surface area contributed by atoms with Crippen LogP contribution >= 0.6 is 23.2 Å². The third-order valence-corrected chi connectivity index (χ3v) is 8.37. The quantitative estimate of drug-likeness (QED) is 0.313. The van der Waals surface area contributed by atoms with Gasteiger partial charge >= 0.3 is 5.97 Å². The molecule has 0 aliphatic carbocycles. The van der Waals surface area contributed by atoms with Crippen LogP contribution < -0.4 is 9.64 Å². The number of benzene rings is 1. The van der Waals surface area contributed by atoms with Crippen molar-refractivity contribution in [3.63, 3.8) is 0 Å². The van der Waals surface area contributed by atoms with Crippen molar-refractivity contribution in [2.45, 2.75) is 32.7 Å². The molecule has 4 heterocycles. The molecule has 0 N–H and O–H groups in total. The van der Waals surface area contributed by atoms with Gasteiger partial charge in [0.15, 0.2) is 5.82 Å². The molecule has 0 saturated carbocycles. The summed E-state index contributed by atoms with van der Waals surface area (Å²) in [5, 5.41) is 9.88. The molecule has 0 unspecified atom stereocenters. The largest absolute Gasteiger partial charge is 0.469 e. The van der Waals surface area contributed by atoms with E-state index in [2.05, 4.69) is 38.0 Å². The second kappa shape index (κ2) is 13.3. The number of halogens is 2. The number of piperazine rings is 1. The number of likely N-dealkylation sites (N-methyl/N-ethyl adjacent to an activating group) is 1. The first-order valence-electron chi connectivity index (χ1n) is 14.0. The maximum absolute atomic E-state index is 11.7. The van der Waals surface area contributed by atoms with Crippen molar-refractivity contribution < 1.29 is 14.3 Å². The fourth-order valence-electron chi connectivity index (χ4n) is 5.33. The molecule has 0 amide bonds. The van der Waals surface area contributed by atoms with Crippen molar-refractivity contribution >= 4 is 35.0 Å². The second-order valence-corrected chi connectivity index (χ2v) is 11.7. The lowest BCUT2D eigenvalue weighted by atomic mass is 9.93. The monoisotopic (exact) mass is 598 g/mol. The van der Waals surface area contributed by atoms with Gasteiger partial charge in [0.25, 0.3) is 0 Å². The first-order valence-corrected chi connectivity index (χ1v) is 14.7. The molecule has 1 aromatic carbocycles. The van der Waals surface area contributed by atoms with E-state index in [0.717, 1.165) is 81.2 Å². The minimum atomic E-state index is -0.139. The van der Waals surface area contributed by atoms with E-state index in [1.54, 1.807) is 6.07 Å². The Bertz CT molecular complexity index is 1340. The highest BCUT2D eigenvalue weighted by molar-refractivity contribution is 6.35. The number of likely N-dealkylation sites (tertiary alicyclic amines) is 1. The highest BCUT2D eigenvalue weighted by atomic mass is 35.5. The molecule has 9 nitrogen and oxygen atoms in total. The fraction of sp³-hybridized carbons (Fsp3) is 0.467. The first-order chi connectivity index (χ1) is 19.8. The number of esters is 1. The van der Waals surface area contributed by atoms with Crippen molar-refractivity contribution in [1.82, 2.24) is 25.0 Å². The van der Waals surface area contributed by atoms with E-state index in [0.29, 0.717) is 39.8 Å². The second-order valence-electron chi connectivity index (χ2n) is 10.9. The zero-order valence-electron chi connectivity index (χ0n) is 23.8. The van der Waals surface area contributed by atoms with Crippen molar-refractivity contribution in [2.24, 2.45) is 5.92 Å². The number of piperidine rings is 1. The van der Waals surface area contributed by atoms with Gasteiger partial charge < -0.3 is 19.3 Å². The van der Waals surface area contributed by atoms with Crippen LogP contribution in [0.3, 0.4) is 0 Å². The van der Waals surface area contributed by atoms with Crippen LogP contribution in [0.4, 0.5) is 5.82 Å². The Morgan fingerprint density at radius 2 is 1.68 bits per heavy atom. The molecule has 2 aromatic heterocycles. The standard InChI is InChI=1S/C30H36Cl2N6O3/c1-20-23(19-37-8-6-21(7-9-37)14-29(39)40-3)17-26(22-15-24(31)18-25(32)16-22)33-30(20)41-28-5-4-27(34-35-28)38-12-10-36(2)11-13-38/h4-5,15-18,21H,6-14,19H2,1-3H3. The number of carbonyl (C=O) groups is 1. The topological polar surface area (TPSA) is 83.9 Å². The third kappa shape index (κ3) is 7.65. The van der Waals surface area contributed by atoms with E-state index in [4.69, 9.17) is 37.7 Å². The van der Waals surface area contributed by atoms with E-state index < -0.39 is 0 Å². The van der Waals surface area contributed by atoms with Crippen molar-refractivity contribution in [1.29, 1.82) is 0 Å². The fourth-order valence-corrected chi connectivity index (χ4v) is 5.85. The average Bonchev–Trinajstić information content (AvgIpc) is 2.96. The SMILES string of the molecule is COC(=O)CC1CCN(Cc2cc(-c3cc(Cl)cc(Cl)c3)nc(Oc3ccc(N4CCN(C)CC4)nn3)c2C)CC1. The summed E-state index contributed by atoms with van der Waals surface area (Å²) in [7, 11) is 3.57. The van der Waals surface area contributed by atoms with Gasteiger partial charge in [-0.25, -0.2) is 4.98 Å². The summed E-state index contributed by atoms with van der Waals surface area (Å²) in [4.78, 5) is 23.5. The van der Waals surface area contributed by atoms with Gasteiger partial charge in [0.2, 0.25) is 11.8 Å². The summed E-state index contributed by atoms with van der Waals surface area (Å²) in [5.41, 5.74) is 3.55. The van der Waals surface area contributed by atoms with Crippen molar-refractivity contribution in [2.75, 3.05) is 58.3 Å². The lowest BCUT2D eigenvalue weighted by Gasteiger charge is -2.32. The van der Waals surface area contributed by atoms with Crippen LogP contribution in [0.2, 0.25) is 10.0 Å². The van der Waals surface area contributed by atoms with Crippen LogP contribution in [0.5, 0.6) is 11.8 Å². The Labute approximate surface area is 251 Å². The maximum Gasteiger partial charge on any atom is 0.305 e. The number of methoxy groups -OCH3 is 1. The Morgan fingerprint density at radius 1 is 0.976 bits per heavy atom. The van der Waals surface area contributed by atoms with Crippen LogP contribution in [0, 0.1) is 12.8 Å². The molecule has 3 aromatic rings. The molecule has 0 radical (unpaired) electrons. The molecule has 2 aliphatic rings. The molecule has 2 fully saturated rings. The normalized spacial score (nSPS) is 17.0. The molecule has 2 saturated heterocycles. The van der Waals surface area contributed by atoms with Crippen LogP contribution in [-0.2, 0) is 16.1 Å². The zero-order valence-corrected chi connectivity index (χ0v) is 25.3. The summed E-state index contributed by atoms with van der Waals surface area (Å²) < 4.78 is 11.1. The lowest BCUT2D eigenvalue weighted by molar-refractivity contribution is -0.142. The Kier molecular flexibility index (Phi) is 9.60. The number of rotatable bonds is 8. The van der Waals surface area contributed by atoms with Gasteiger partial charge in [-0.2, -0.15) is 0 Å². The molecule has 2 aliphatic heterocycles. The third-order valence-electron chi connectivity index (χ3n) is 7.93. The number of pyridine rings is 1. The van der Waals surface area contributed by atoms with Gasteiger partial charge in [0, 0.05) is 66.4 Å². The molecule has 11 heteroatoms. The minimum Gasteiger partial charge on any atom is -0.469 e. The van der Waals surface area contributed by atoms with Gasteiger partial charge in [-0.15, -0.1) is 10.2 Å². The predicted octanol–water partition coefficient (Wildman–Crippen LogP) is 5.47. The summed E-state index contributed by atoms with van der Waals surface area (Å²) >= 11 is 12.7. The number of aromatic nitrogens is 3. The molecule has 218 valence electrons. The van der Waals surface area contributed by atoms with E-state index >= 15 is 0 Å². The lowest BCUT2D eigenvalue weighted by Crippen LogP contribution is -2.44. The zero-order chi connectivity index (χ0) is 28.9. The number of ether oxygens (including phenoxy) is 2. The number of hydrogen-bond acceptors (Lipinski definition) is 9. The smallest absolute Gasteiger partial charge is 0.305 e. The predicted molar refractivity (Wildman–Crippen MR) is 161 cm³/mol. The molecule has 0 spiro atoms. The van der Waals surface area contributed by atoms with Crippen LogP contribution in [0.15, 0.2) is 36.4 Å². The van der Waals surface area contributed by atoms with Gasteiger partial charge in [0.1, 0.15) is 0 Å². The van der Waals surface area contributed by atoms with E-state index in [1.807, 2.05) is 31.2 Å². The Hall–Kier alpha value is -2.98. The van der Waals surface area contributed by atoms with E-state index in [1.165, 1.54) is 7.11 Å². The van der Waals surface area contributed by atoms with Gasteiger partial charge in [-0.3, -0.25) is 9.69 Å². The highest BCUT2D eigenvalue weighted by Crippen LogP contribution is 2.33. The van der Waals surface area contributed by atoms with Crippen molar-refractivity contribution in [3.8, 4) is 23.0 Å². The van der Waals surface area contributed by atoms with Crippen LogP contribution in [-0.4, -0.2) is 84.4 Å². The van der Waals surface area contributed by atoms with Crippen molar-refractivity contribution in [3.05, 3.63) is 57.6 Å². The number of carbonyl (C=O) groups excluding carboxylic acids is 1. The van der Waals surface area contributed by atoms with Gasteiger partial charge in [-0.1, -0.05) is 23.2 Å². The van der Waals surface area contributed by atoms with E-state index in [9.17, 15) is 4.79 Å². The summed E-state index contributed by atoms with van der Waals surface area (Å²) in [6.07, 6.45) is 2.38. The molecule has 0 atom stereocenters. The highest BCUT2D eigenvalue weighted by Gasteiger charge is 2.24. The first kappa shape index (κ1) is 29.5. The van der Waals surface area contributed by atoms with Gasteiger partial charge in [0.05, 0.1) is 12.8 Å². The molecule has 0 bridgehead atoms. The van der Waals surface area contributed by atoms with Crippen LogP contribution in [0.1, 0.15) is 30.4 Å². The minimum absolute atomic E-state index is 0.139. The Balaban J connectivity index is 1.37. The number of hydrogen-bond donors (Lipinski definition) is 0. The maximum atomic E-state index is 11.7. The van der Waals surface area contributed by atoms with E-state index in [-0.39, 0.29) is 5.97 Å². The number of anilines is 1. The summed E-state index contributed by atoms with van der Waals surface area (Å²) in [6, 6.07) is 11.3. The molecular formula is C30H36Cl2N6O3. The molecule has 5 rings (SSSR count). The molecule has 41 heavy (non-hydrogen) atoms. The van der Waals surface area contributed by atoms with Crippen LogP contribution in [0.25, 0.3) is 11.3 Å². The average molecular weight is 600 g/mol. The summed E-state index contributed by atoms with van der Waals surface area (Å²) in [6.45, 7) is 8.37. The Morgan fingerprint density at radius 3 is 2.32 bits per heavy atom. The summed E-state index contributed by atoms with van der Waals surface area (Å²) in [5.74, 6) is 1.91. The molecular weight excluding hydrogens is 563 g/mol.